The molecule has 2 amide bonds. The van der Waals surface area contributed by atoms with Crippen molar-refractivity contribution in [1.29, 1.82) is 0 Å². The average Bonchev–Trinajstić information content (AvgIpc) is 2.62. The monoisotopic (exact) mass is 337 g/mol. The first kappa shape index (κ1) is 16.7. The van der Waals surface area contributed by atoms with Crippen LogP contribution in [0.4, 0.5) is 5.69 Å². The molecular formula is C19H19N3O3. The number of amides is 2. The van der Waals surface area contributed by atoms with E-state index in [1.165, 1.54) is 7.11 Å². The van der Waals surface area contributed by atoms with Gasteiger partial charge in [-0.2, -0.15) is 5.10 Å². The molecule has 0 spiro atoms. The van der Waals surface area contributed by atoms with Crippen LogP contribution in [0.2, 0.25) is 0 Å². The lowest BCUT2D eigenvalue weighted by atomic mass is 9.94. The highest BCUT2D eigenvalue weighted by Gasteiger charge is 2.21. The van der Waals surface area contributed by atoms with Crippen LogP contribution in [-0.4, -0.2) is 24.6 Å². The van der Waals surface area contributed by atoms with Gasteiger partial charge in [0.1, 0.15) is 5.75 Å². The van der Waals surface area contributed by atoms with Gasteiger partial charge < -0.3 is 10.1 Å². The number of methoxy groups -OCH3 is 1. The van der Waals surface area contributed by atoms with Crippen LogP contribution in [0, 0.1) is 5.92 Å². The van der Waals surface area contributed by atoms with Gasteiger partial charge in [0, 0.05) is 18.0 Å². The van der Waals surface area contributed by atoms with Gasteiger partial charge in [-0.15, -0.1) is 0 Å². The Kier molecular flexibility index (Phi) is 4.79. The van der Waals surface area contributed by atoms with Crippen molar-refractivity contribution in [2.45, 2.75) is 13.3 Å². The predicted molar refractivity (Wildman–Crippen MR) is 95.8 cm³/mol. The Balaban J connectivity index is 1.75. The fourth-order valence-corrected chi connectivity index (χ4v) is 2.76. The van der Waals surface area contributed by atoms with Crippen LogP contribution in [0.3, 0.4) is 0 Å². The molecule has 0 saturated carbocycles. The Morgan fingerprint density at radius 2 is 1.92 bits per heavy atom. The van der Waals surface area contributed by atoms with Gasteiger partial charge in [-0.25, -0.2) is 5.43 Å². The highest BCUT2D eigenvalue weighted by atomic mass is 16.5. The molecule has 0 fully saturated rings. The normalized spacial score (nSPS) is 16.6. The molecule has 0 unspecified atom stereocenters. The van der Waals surface area contributed by atoms with Crippen molar-refractivity contribution in [1.82, 2.24) is 5.43 Å². The van der Waals surface area contributed by atoms with Crippen molar-refractivity contribution in [3.8, 4) is 5.75 Å². The van der Waals surface area contributed by atoms with Crippen molar-refractivity contribution >= 4 is 23.2 Å². The zero-order valence-corrected chi connectivity index (χ0v) is 14.1. The Hall–Kier alpha value is -3.15. The first-order valence-electron chi connectivity index (χ1n) is 7.99. The molecule has 1 aliphatic rings. The number of hydrogen-bond donors (Lipinski definition) is 2. The molecule has 3 rings (SSSR count). The van der Waals surface area contributed by atoms with E-state index < -0.39 is 0 Å². The van der Waals surface area contributed by atoms with E-state index in [9.17, 15) is 9.59 Å². The summed E-state index contributed by atoms with van der Waals surface area (Å²) < 4.78 is 5.21. The summed E-state index contributed by atoms with van der Waals surface area (Å²) in [5.41, 5.74) is 5.41. The molecule has 25 heavy (non-hydrogen) atoms. The van der Waals surface area contributed by atoms with Gasteiger partial charge in [0.05, 0.1) is 18.4 Å². The van der Waals surface area contributed by atoms with E-state index in [-0.39, 0.29) is 17.7 Å². The van der Waals surface area contributed by atoms with Gasteiger partial charge >= 0.3 is 0 Å². The molecular weight excluding hydrogens is 318 g/mol. The molecule has 1 heterocycles. The number of hydrogen-bond acceptors (Lipinski definition) is 4. The van der Waals surface area contributed by atoms with Crippen molar-refractivity contribution in [2.24, 2.45) is 11.0 Å². The van der Waals surface area contributed by atoms with Crippen LogP contribution in [0.25, 0.3) is 0 Å². The van der Waals surface area contributed by atoms with E-state index in [1.54, 1.807) is 18.2 Å². The summed E-state index contributed by atoms with van der Waals surface area (Å²) in [6.45, 7) is 1.97. The summed E-state index contributed by atoms with van der Waals surface area (Å²) in [4.78, 5) is 23.7. The maximum absolute atomic E-state index is 12.4. The third kappa shape index (κ3) is 3.68. The van der Waals surface area contributed by atoms with E-state index in [1.807, 2.05) is 37.3 Å². The van der Waals surface area contributed by atoms with Crippen LogP contribution >= 0.6 is 0 Å². The van der Waals surface area contributed by atoms with E-state index in [4.69, 9.17) is 4.74 Å². The molecule has 2 aromatic rings. The third-order valence-electron chi connectivity index (χ3n) is 4.05. The fourth-order valence-electron chi connectivity index (χ4n) is 2.76. The van der Waals surface area contributed by atoms with E-state index in [2.05, 4.69) is 15.8 Å². The van der Waals surface area contributed by atoms with Gasteiger partial charge in [-0.05, 0) is 29.8 Å². The lowest BCUT2D eigenvalue weighted by Crippen LogP contribution is -2.31. The molecule has 1 aliphatic heterocycles. The molecule has 0 radical (unpaired) electrons. The molecule has 0 aliphatic carbocycles. The molecule has 0 saturated heterocycles. The molecule has 128 valence electrons. The van der Waals surface area contributed by atoms with Gasteiger partial charge in [0.25, 0.3) is 5.91 Å². The average molecular weight is 337 g/mol. The largest absolute Gasteiger partial charge is 0.496 e. The second-order valence-corrected chi connectivity index (χ2v) is 5.87. The second kappa shape index (κ2) is 7.17. The van der Waals surface area contributed by atoms with E-state index >= 15 is 0 Å². The van der Waals surface area contributed by atoms with Gasteiger partial charge in [-0.1, -0.05) is 31.2 Å². The van der Waals surface area contributed by atoms with Crippen molar-refractivity contribution < 1.29 is 14.3 Å². The number of para-hydroxylation sites is 1. The number of anilines is 1. The minimum Gasteiger partial charge on any atom is -0.496 e. The Morgan fingerprint density at radius 1 is 1.20 bits per heavy atom. The molecule has 0 aromatic heterocycles. The fraction of sp³-hybridized carbons (Fsp3) is 0.211. The topological polar surface area (TPSA) is 79.8 Å². The number of ether oxygens (including phenoxy) is 1. The number of carbonyl (C=O) groups excluding carboxylic acids is 2. The number of rotatable bonds is 4. The summed E-state index contributed by atoms with van der Waals surface area (Å²) in [6, 6.07) is 14.4. The van der Waals surface area contributed by atoms with Crippen LogP contribution in [0.5, 0.6) is 5.75 Å². The number of nitrogens with zero attached hydrogens (tertiary/aromatic N) is 1. The number of nitrogens with one attached hydrogen (secondary N) is 2. The first-order valence-corrected chi connectivity index (χ1v) is 7.99. The Bertz CT molecular complexity index is 828. The maximum atomic E-state index is 12.4. The van der Waals surface area contributed by atoms with E-state index in [0.717, 1.165) is 11.3 Å². The summed E-state index contributed by atoms with van der Waals surface area (Å²) >= 11 is 0. The minimum atomic E-state index is -0.235. The molecule has 2 N–H and O–H groups in total. The third-order valence-corrected chi connectivity index (χ3v) is 4.05. The standard InChI is InChI=1S/C19H19N3O3/c1-12-11-17(23)21-22-18(12)13-7-9-14(10-8-13)20-19(24)15-5-3-4-6-16(15)25-2/h3-10,12H,11H2,1-2H3,(H,20,24)(H,21,23)/t12-/m0/s1. The zero-order chi connectivity index (χ0) is 17.8. The highest BCUT2D eigenvalue weighted by molar-refractivity contribution is 6.07. The summed E-state index contributed by atoms with van der Waals surface area (Å²) in [7, 11) is 1.53. The van der Waals surface area contributed by atoms with Gasteiger partial charge in [0.15, 0.2) is 0 Å². The first-order chi connectivity index (χ1) is 12.1. The molecule has 1 atom stereocenters. The Labute approximate surface area is 145 Å². The summed E-state index contributed by atoms with van der Waals surface area (Å²) in [5.74, 6) is 0.276. The smallest absolute Gasteiger partial charge is 0.259 e. The van der Waals surface area contributed by atoms with Crippen molar-refractivity contribution in [3.63, 3.8) is 0 Å². The molecule has 6 nitrogen and oxygen atoms in total. The van der Waals surface area contributed by atoms with Crippen LogP contribution in [-0.2, 0) is 4.79 Å². The lowest BCUT2D eigenvalue weighted by molar-refractivity contribution is -0.121. The number of benzene rings is 2. The second-order valence-electron chi connectivity index (χ2n) is 5.87. The van der Waals surface area contributed by atoms with Crippen LogP contribution < -0.4 is 15.5 Å². The number of carbonyl (C=O) groups is 2. The van der Waals surface area contributed by atoms with E-state index in [0.29, 0.717) is 23.4 Å². The SMILES string of the molecule is COc1ccccc1C(=O)Nc1ccc(C2=NNC(=O)C[C@@H]2C)cc1. The molecule has 0 bridgehead atoms. The molecule has 2 aromatic carbocycles. The zero-order valence-electron chi connectivity index (χ0n) is 14.1. The van der Waals surface area contributed by atoms with Crippen molar-refractivity contribution in [2.75, 3.05) is 12.4 Å². The summed E-state index contributed by atoms with van der Waals surface area (Å²) in [5, 5.41) is 6.99. The van der Waals surface area contributed by atoms with Crippen molar-refractivity contribution in [3.05, 3.63) is 59.7 Å². The quantitative estimate of drug-likeness (QED) is 0.900. The minimum absolute atomic E-state index is 0.0581. The maximum Gasteiger partial charge on any atom is 0.259 e. The van der Waals surface area contributed by atoms with Gasteiger partial charge in [-0.3, -0.25) is 9.59 Å². The Morgan fingerprint density at radius 3 is 2.60 bits per heavy atom. The summed E-state index contributed by atoms with van der Waals surface area (Å²) in [6.07, 6.45) is 0.422. The van der Waals surface area contributed by atoms with Crippen LogP contribution in [0.1, 0.15) is 29.3 Å². The van der Waals surface area contributed by atoms with Crippen LogP contribution in [0.15, 0.2) is 53.6 Å². The highest BCUT2D eigenvalue weighted by Crippen LogP contribution is 2.21. The predicted octanol–water partition coefficient (Wildman–Crippen LogP) is 2.81. The molecule has 6 heteroatoms. The number of hydrazone groups is 1. The lowest BCUT2D eigenvalue weighted by Gasteiger charge is -2.19. The van der Waals surface area contributed by atoms with Gasteiger partial charge in [0.2, 0.25) is 5.91 Å².